The SMILES string of the molecule is COCC(C)n1c(C)cc(/C=C(/C#N)C(=O)NCC(O)COc2cccc(Cl)c2Cl)c1C. The van der Waals surface area contributed by atoms with Crippen molar-refractivity contribution in [1.82, 2.24) is 9.88 Å². The summed E-state index contributed by atoms with van der Waals surface area (Å²) in [5.41, 5.74) is 2.65. The number of aromatic nitrogens is 1. The number of methoxy groups -OCH3 is 1. The number of ether oxygens (including phenoxy) is 2. The minimum absolute atomic E-state index is 0.0596. The molecule has 0 bridgehead atoms. The summed E-state index contributed by atoms with van der Waals surface area (Å²) in [6, 6.07) is 8.89. The molecule has 9 heteroatoms. The molecule has 2 rings (SSSR count). The van der Waals surface area contributed by atoms with Crippen LogP contribution in [0.25, 0.3) is 6.08 Å². The van der Waals surface area contributed by atoms with Crippen molar-refractivity contribution in [2.75, 3.05) is 26.9 Å². The minimum atomic E-state index is -1.01. The highest BCUT2D eigenvalue weighted by Gasteiger charge is 2.17. The van der Waals surface area contributed by atoms with Gasteiger partial charge in [-0.15, -0.1) is 0 Å². The number of carbonyl (C=O) groups excluding carboxylic acids is 1. The molecule has 0 spiro atoms. The summed E-state index contributed by atoms with van der Waals surface area (Å²) >= 11 is 12.0. The average Bonchev–Trinajstić information content (AvgIpc) is 3.04. The van der Waals surface area contributed by atoms with Crippen molar-refractivity contribution in [2.45, 2.75) is 32.9 Å². The molecule has 0 fully saturated rings. The van der Waals surface area contributed by atoms with Crippen molar-refractivity contribution in [3.05, 3.63) is 56.8 Å². The number of carbonyl (C=O) groups is 1. The zero-order chi connectivity index (χ0) is 23.8. The molecule has 2 atom stereocenters. The number of amides is 1. The Morgan fingerprint density at radius 3 is 2.72 bits per heavy atom. The zero-order valence-corrected chi connectivity index (χ0v) is 20.0. The quantitative estimate of drug-likeness (QED) is 0.395. The summed E-state index contributed by atoms with van der Waals surface area (Å²) in [4.78, 5) is 12.5. The van der Waals surface area contributed by atoms with E-state index in [1.807, 2.05) is 32.9 Å². The molecule has 0 radical (unpaired) electrons. The molecule has 0 saturated heterocycles. The molecule has 1 amide bonds. The van der Waals surface area contributed by atoms with Gasteiger partial charge in [-0.2, -0.15) is 5.26 Å². The van der Waals surface area contributed by atoms with E-state index in [1.165, 1.54) is 0 Å². The lowest BCUT2D eigenvalue weighted by atomic mass is 10.1. The third-order valence-electron chi connectivity index (χ3n) is 4.88. The van der Waals surface area contributed by atoms with Crippen molar-refractivity contribution in [3.63, 3.8) is 0 Å². The number of benzene rings is 1. The van der Waals surface area contributed by atoms with Crippen LogP contribution in [0.3, 0.4) is 0 Å². The molecule has 1 aromatic heterocycles. The molecular weight excluding hydrogens is 453 g/mol. The lowest BCUT2D eigenvalue weighted by Crippen LogP contribution is -2.35. The number of aryl methyl sites for hydroxylation is 1. The largest absolute Gasteiger partial charge is 0.489 e. The molecule has 0 saturated carbocycles. The van der Waals surface area contributed by atoms with E-state index >= 15 is 0 Å². The van der Waals surface area contributed by atoms with Crippen molar-refractivity contribution < 1.29 is 19.4 Å². The van der Waals surface area contributed by atoms with E-state index in [2.05, 4.69) is 9.88 Å². The molecule has 172 valence electrons. The lowest BCUT2D eigenvalue weighted by Gasteiger charge is -2.17. The van der Waals surface area contributed by atoms with Crippen LogP contribution in [0.2, 0.25) is 10.0 Å². The second-order valence-corrected chi connectivity index (χ2v) is 8.18. The Labute approximate surface area is 198 Å². The molecule has 7 nitrogen and oxygen atoms in total. The number of aliphatic hydroxyl groups excluding tert-OH is 1. The van der Waals surface area contributed by atoms with Gasteiger partial charge >= 0.3 is 0 Å². The first-order valence-corrected chi connectivity index (χ1v) is 10.8. The lowest BCUT2D eigenvalue weighted by molar-refractivity contribution is -0.117. The highest BCUT2D eigenvalue weighted by Crippen LogP contribution is 2.31. The maximum Gasteiger partial charge on any atom is 0.262 e. The Bertz CT molecular complexity index is 1030. The third-order valence-corrected chi connectivity index (χ3v) is 5.68. The first kappa shape index (κ1) is 25.8. The Balaban J connectivity index is 2.01. The van der Waals surface area contributed by atoms with Crippen LogP contribution in [-0.4, -0.2) is 48.6 Å². The van der Waals surface area contributed by atoms with Crippen LogP contribution < -0.4 is 10.1 Å². The Hall–Kier alpha value is -2.50. The second kappa shape index (κ2) is 11.9. The minimum Gasteiger partial charge on any atom is -0.489 e. The van der Waals surface area contributed by atoms with E-state index in [0.717, 1.165) is 17.0 Å². The summed E-state index contributed by atoms with van der Waals surface area (Å²) in [7, 11) is 1.65. The molecule has 1 heterocycles. The summed E-state index contributed by atoms with van der Waals surface area (Å²) in [6.45, 7) is 6.27. The van der Waals surface area contributed by atoms with Crippen molar-refractivity contribution in [3.8, 4) is 11.8 Å². The topological polar surface area (TPSA) is 96.5 Å². The van der Waals surface area contributed by atoms with Gasteiger partial charge in [0.15, 0.2) is 0 Å². The highest BCUT2D eigenvalue weighted by atomic mass is 35.5. The van der Waals surface area contributed by atoms with E-state index < -0.39 is 12.0 Å². The molecular formula is C23H27Cl2N3O4. The fraction of sp³-hybridized carbons (Fsp3) is 0.391. The van der Waals surface area contributed by atoms with Crippen molar-refractivity contribution in [2.24, 2.45) is 0 Å². The Morgan fingerprint density at radius 2 is 2.06 bits per heavy atom. The maximum absolute atomic E-state index is 12.5. The summed E-state index contributed by atoms with van der Waals surface area (Å²) < 4.78 is 12.8. The van der Waals surface area contributed by atoms with Crippen LogP contribution in [0.15, 0.2) is 29.8 Å². The number of hydrogen-bond donors (Lipinski definition) is 2. The molecule has 2 N–H and O–H groups in total. The van der Waals surface area contributed by atoms with Gasteiger partial charge in [-0.05, 0) is 50.6 Å². The van der Waals surface area contributed by atoms with Gasteiger partial charge in [0.05, 0.1) is 17.7 Å². The van der Waals surface area contributed by atoms with Gasteiger partial charge in [-0.1, -0.05) is 29.3 Å². The first-order valence-electron chi connectivity index (χ1n) is 10.0. The maximum atomic E-state index is 12.5. The van der Waals surface area contributed by atoms with Gasteiger partial charge in [0.1, 0.15) is 35.1 Å². The normalized spacial score (nSPS) is 13.4. The highest BCUT2D eigenvalue weighted by molar-refractivity contribution is 6.42. The number of halogens is 2. The van der Waals surface area contributed by atoms with E-state index in [1.54, 1.807) is 31.4 Å². The number of nitrogens with one attached hydrogen (secondary N) is 1. The molecule has 1 aromatic carbocycles. The van der Waals surface area contributed by atoms with Crippen LogP contribution in [0, 0.1) is 25.2 Å². The number of rotatable bonds is 10. The summed E-state index contributed by atoms with van der Waals surface area (Å²) in [5.74, 6) is -0.248. The molecule has 0 aliphatic heterocycles. The number of nitriles is 1. The average molecular weight is 480 g/mol. The van der Waals surface area contributed by atoms with Gasteiger partial charge < -0.3 is 24.5 Å². The van der Waals surface area contributed by atoms with E-state index in [-0.39, 0.29) is 29.8 Å². The van der Waals surface area contributed by atoms with E-state index in [4.69, 9.17) is 32.7 Å². The van der Waals surface area contributed by atoms with Gasteiger partial charge in [-0.3, -0.25) is 4.79 Å². The van der Waals surface area contributed by atoms with Gasteiger partial charge in [0.2, 0.25) is 0 Å². The molecule has 0 aliphatic carbocycles. The Kier molecular flexibility index (Phi) is 9.60. The first-order chi connectivity index (χ1) is 15.2. The number of nitrogens with zero attached hydrogens (tertiary/aromatic N) is 2. The standard InChI is InChI=1S/C23H27Cl2N3O4/c1-14-8-17(16(3)28(14)15(2)12-31-4)9-18(10-26)23(30)27-11-19(29)13-32-21-7-5-6-20(24)22(21)25/h5-9,15,19,29H,11-13H2,1-4H3,(H,27,30)/b18-9-. The van der Waals surface area contributed by atoms with Crippen LogP contribution in [0.1, 0.15) is 29.9 Å². The van der Waals surface area contributed by atoms with Gasteiger partial charge in [-0.25, -0.2) is 0 Å². The van der Waals surface area contributed by atoms with Crippen molar-refractivity contribution >= 4 is 35.2 Å². The second-order valence-electron chi connectivity index (χ2n) is 7.40. The molecule has 0 aliphatic rings. The number of aliphatic hydroxyl groups is 1. The third kappa shape index (κ3) is 6.50. The predicted molar refractivity (Wildman–Crippen MR) is 125 cm³/mol. The smallest absolute Gasteiger partial charge is 0.262 e. The van der Waals surface area contributed by atoms with Gasteiger partial charge in [0.25, 0.3) is 5.91 Å². The fourth-order valence-electron chi connectivity index (χ4n) is 3.39. The van der Waals surface area contributed by atoms with E-state index in [0.29, 0.717) is 17.4 Å². The molecule has 2 aromatic rings. The van der Waals surface area contributed by atoms with Crippen LogP contribution in [0.5, 0.6) is 5.75 Å². The molecule has 2 unspecified atom stereocenters. The van der Waals surface area contributed by atoms with Crippen molar-refractivity contribution in [1.29, 1.82) is 5.26 Å². The zero-order valence-electron chi connectivity index (χ0n) is 18.5. The Morgan fingerprint density at radius 1 is 1.34 bits per heavy atom. The van der Waals surface area contributed by atoms with Gasteiger partial charge in [0, 0.05) is 25.0 Å². The predicted octanol–water partition coefficient (Wildman–Crippen LogP) is 4.08. The summed E-state index contributed by atoms with van der Waals surface area (Å²) in [6.07, 6.45) is 0.538. The van der Waals surface area contributed by atoms with Crippen LogP contribution in [-0.2, 0) is 9.53 Å². The van der Waals surface area contributed by atoms with Crippen LogP contribution in [0.4, 0.5) is 0 Å². The van der Waals surface area contributed by atoms with E-state index in [9.17, 15) is 15.2 Å². The summed E-state index contributed by atoms with van der Waals surface area (Å²) in [5, 5.41) is 22.7. The fourth-order valence-corrected chi connectivity index (χ4v) is 3.74. The van der Waals surface area contributed by atoms with Crippen LogP contribution >= 0.6 is 23.2 Å². The number of hydrogen-bond acceptors (Lipinski definition) is 5. The monoisotopic (exact) mass is 479 g/mol. The molecule has 32 heavy (non-hydrogen) atoms.